The van der Waals surface area contributed by atoms with Crippen molar-refractivity contribution in [2.24, 2.45) is 0 Å². The zero-order valence-corrected chi connectivity index (χ0v) is 14.9. The van der Waals surface area contributed by atoms with Gasteiger partial charge in [0.15, 0.2) is 0 Å². The summed E-state index contributed by atoms with van der Waals surface area (Å²) in [5, 5.41) is 1.99. The number of alkyl carbamates (subject to hydrolysis) is 1. The maximum absolute atomic E-state index is 13.8. The SMILES string of the molecule is CC(C)(C)OC(=O)NCC(F)(F)CC(=O)ON1C(=O)c2ccccc2C1=O. The first-order valence-electron chi connectivity index (χ1n) is 7.93. The number of hydrogen-bond acceptors (Lipinski definition) is 6. The van der Waals surface area contributed by atoms with Crippen molar-refractivity contribution >= 4 is 23.9 Å². The maximum Gasteiger partial charge on any atom is 0.407 e. The highest BCUT2D eigenvalue weighted by molar-refractivity contribution is 6.20. The zero-order chi connectivity index (χ0) is 20.4. The van der Waals surface area contributed by atoms with Gasteiger partial charge in [-0.1, -0.05) is 17.2 Å². The lowest BCUT2D eigenvalue weighted by atomic mass is 10.1. The number of carbonyl (C=O) groups is 4. The van der Waals surface area contributed by atoms with Crippen LogP contribution in [-0.2, 0) is 14.4 Å². The van der Waals surface area contributed by atoms with E-state index in [4.69, 9.17) is 4.74 Å². The summed E-state index contributed by atoms with van der Waals surface area (Å²) < 4.78 is 32.5. The molecule has 0 aliphatic carbocycles. The zero-order valence-electron chi connectivity index (χ0n) is 14.9. The van der Waals surface area contributed by atoms with E-state index in [0.29, 0.717) is 0 Å². The quantitative estimate of drug-likeness (QED) is 0.782. The van der Waals surface area contributed by atoms with E-state index in [9.17, 15) is 28.0 Å². The maximum atomic E-state index is 13.8. The van der Waals surface area contributed by atoms with Gasteiger partial charge >= 0.3 is 12.1 Å². The standard InChI is InChI=1S/C17H18F2N2O6/c1-16(2,3)26-15(25)20-9-17(18,19)8-12(22)27-21-13(23)10-6-4-5-7-11(10)14(21)24/h4-7H,8-9H2,1-3H3,(H,20,25). The average Bonchev–Trinajstić information content (AvgIpc) is 2.77. The fraction of sp³-hybridized carbons (Fsp3) is 0.412. The number of imide groups is 1. The van der Waals surface area contributed by atoms with Crippen LogP contribution in [0.5, 0.6) is 0 Å². The summed E-state index contributed by atoms with van der Waals surface area (Å²) in [5.41, 5.74) is -0.855. The molecule has 1 aliphatic rings. The molecule has 10 heteroatoms. The Morgan fingerprint density at radius 3 is 2.07 bits per heavy atom. The number of nitrogens with zero attached hydrogens (tertiary/aromatic N) is 1. The van der Waals surface area contributed by atoms with Crippen molar-refractivity contribution in [2.75, 3.05) is 6.54 Å². The molecule has 1 aliphatic heterocycles. The fourth-order valence-electron chi connectivity index (χ4n) is 2.17. The summed E-state index contributed by atoms with van der Waals surface area (Å²) in [7, 11) is 0. The number of hydrogen-bond donors (Lipinski definition) is 1. The van der Waals surface area contributed by atoms with Gasteiger partial charge < -0.3 is 14.9 Å². The predicted octanol–water partition coefficient (Wildman–Crippen LogP) is 2.29. The lowest BCUT2D eigenvalue weighted by Gasteiger charge is -2.22. The predicted molar refractivity (Wildman–Crippen MR) is 86.8 cm³/mol. The molecule has 0 radical (unpaired) electrons. The van der Waals surface area contributed by atoms with Gasteiger partial charge in [-0.2, -0.15) is 0 Å². The first-order chi connectivity index (χ1) is 12.4. The van der Waals surface area contributed by atoms with Gasteiger partial charge in [-0.15, -0.1) is 0 Å². The Hall–Kier alpha value is -3.04. The molecule has 0 saturated carbocycles. The molecule has 3 amide bonds. The smallest absolute Gasteiger partial charge is 0.407 e. The van der Waals surface area contributed by atoms with Crippen LogP contribution in [0, 0.1) is 0 Å². The number of halogens is 2. The number of benzene rings is 1. The lowest BCUT2D eigenvalue weighted by molar-refractivity contribution is -0.175. The van der Waals surface area contributed by atoms with Crippen molar-refractivity contribution in [3.8, 4) is 0 Å². The highest BCUT2D eigenvalue weighted by Crippen LogP contribution is 2.24. The summed E-state index contributed by atoms with van der Waals surface area (Å²) in [4.78, 5) is 51.7. The second kappa shape index (κ2) is 7.29. The van der Waals surface area contributed by atoms with E-state index in [1.165, 1.54) is 24.3 Å². The third-order valence-corrected chi connectivity index (χ3v) is 3.24. The second-order valence-electron chi connectivity index (χ2n) is 6.80. The number of hydroxylamine groups is 2. The van der Waals surface area contributed by atoms with E-state index in [1.54, 1.807) is 20.8 Å². The number of rotatable bonds is 5. The van der Waals surface area contributed by atoms with Gasteiger partial charge in [0.1, 0.15) is 12.0 Å². The lowest BCUT2D eigenvalue weighted by Crippen LogP contribution is -2.42. The van der Waals surface area contributed by atoms with Gasteiger partial charge in [0, 0.05) is 0 Å². The van der Waals surface area contributed by atoms with Crippen LogP contribution in [0.15, 0.2) is 24.3 Å². The van der Waals surface area contributed by atoms with E-state index in [-0.39, 0.29) is 16.2 Å². The van der Waals surface area contributed by atoms with Crippen molar-refractivity contribution in [1.82, 2.24) is 10.4 Å². The van der Waals surface area contributed by atoms with Crippen molar-refractivity contribution in [3.63, 3.8) is 0 Å². The summed E-state index contributed by atoms with van der Waals surface area (Å²) in [5.74, 6) is -7.01. The van der Waals surface area contributed by atoms with Crippen LogP contribution in [0.25, 0.3) is 0 Å². The highest BCUT2D eigenvalue weighted by atomic mass is 19.3. The topological polar surface area (TPSA) is 102 Å². The minimum absolute atomic E-state index is 0.00801. The minimum atomic E-state index is -3.67. The van der Waals surface area contributed by atoms with Gasteiger partial charge in [0.05, 0.1) is 17.7 Å². The Labute approximate surface area is 153 Å². The molecule has 0 bridgehead atoms. The van der Waals surface area contributed by atoms with Crippen LogP contribution in [0.3, 0.4) is 0 Å². The fourth-order valence-corrected chi connectivity index (χ4v) is 2.17. The Morgan fingerprint density at radius 2 is 1.59 bits per heavy atom. The number of amides is 3. The monoisotopic (exact) mass is 384 g/mol. The summed E-state index contributed by atoms with van der Waals surface area (Å²) >= 11 is 0. The Balaban J connectivity index is 1.91. The molecule has 0 fully saturated rings. The van der Waals surface area contributed by atoms with Crippen LogP contribution in [-0.4, -0.2) is 47.0 Å². The third kappa shape index (κ3) is 5.22. The largest absolute Gasteiger partial charge is 0.444 e. The summed E-state index contributed by atoms with van der Waals surface area (Å²) in [6.45, 7) is 3.50. The first kappa shape index (κ1) is 20.3. The van der Waals surface area contributed by atoms with Crippen LogP contribution >= 0.6 is 0 Å². The van der Waals surface area contributed by atoms with Crippen molar-refractivity contribution in [3.05, 3.63) is 35.4 Å². The third-order valence-electron chi connectivity index (χ3n) is 3.24. The molecule has 0 atom stereocenters. The van der Waals surface area contributed by atoms with E-state index in [1.807, 2.05) is 5.32 Å². The van der Waals surface area contributed by atoms with Crippen LogP contribution in [0.4, 0.5) is 13.6 Å². The highest BCUT2D eigenvalue weighted by Gasteiger charge is 2.41. The summed E-state index contributed by atoms with van der Waals surface area (Å²) in [6, 6.07) is 5.71. The molecule has 1 N–H and O–H groups in total. The average molecular weight is 384 g/mol. The number of fused-ring (bicyclic) bond motifs is 1. The van der Waals surface area contributed by atoms with Gasteiger partial charge in [-0.3, -0.25) is 9.59 Å². The second-order valence-corrected chi connectivity index (χ2v) is 6.80. The van der Waals surface area contributed by atoms with Gasteiger partial charge in [0.2, 0.25) is 0 Å². The van der Waals surface area contributed by atoms with E-state index in [0.717, 1.165) is 0 Å². The molecule has 146 valence electrons. The molecule has 0 unspecified atom stereocenters. The number of ether oxygens (including phenoxy) is 1. The van der Waals surface area contributed by atoms with E-state index in [2.05, 4.69) is 4.84 Å². The van der Waals surface area contributed by atoms with Crippen LogP contribution in [0.1, 0.15) is 47.9 Å². The van der Waals surface area contributed by atoms with Gasteiger partial charge in [-0.25, -0.2) is 18.4 Å². The van der Waals surface area contributed by atoms with Crippen LogP contribution < -0.4 is 5.32 Å². The Kier molecular flexibility index (Phi) is 5.48. The normalized spacial score (nSPS) is 14.0. The van der Waals surface area contributed by atoms with E-state index >= 15 is 0 Å². The molecule has 0 spiro atoms. The molecule has 2 rings (SSSR count). The molecule has 0 aromatic heterocycles. The molecule has 1 aromatic carbocycles. The van der Waals surface area contributed by atoms with Crippen molar-refractivity contribution in [2.45, 2.75) is 38.7 Å². The minimum Gasteiger partial charge on any atom is -0.444 e. The van der Waals surface area contributed by atoms with Gasteiger partial charge in [-0.05, 0) is 32.9 Å². The molecule has 0 saturated heterocycles. The number of nitrogens with one attached hydrogen (secondary N) is 1. The number of alkyl halides is 2. The Morgan fingerprint density at radius 1 is 1.07 bits per heavy atom. The first-order valence-corrected chi connectivity index (χ1v) is 7.93. The summed E-state index contributed by atoms with van der Waals surface area (Å²) in [6.07, 6.45) is -2.52. The molecule has 1 heterocycles. The van der Waals surface area contributed by atoms with Gasteiger partial charge in [0.25, 0.3) is 17.7 Å². The van der Waals surface area contributed by atoms with Crippen molar-refractivity contribution < 1.29 is 37.5 Å². The van der Waals surface area contributed by atoms with Crippen LogP contribution in [0.2, 0.25) is 0 Å². The molecular formula is C17H18F2N2O6. The molecule has 27 heavy (non-hydrogen) atoms. The molecular weight excluding hydrogens is 366 g/mol. The van der Waals surface area contributed by atoms with E-state index < -0.39 is 48.4 Å². The van der Waals surface area contributed by atoms with Crippen molar-refractivity contribution in [1.29, 1.82) is 0 Å². The molecule has 1 aromatic rings. The number of carbonyl (C=O) groups excluding carboxylic acids is 4. The Bertz CT molecular complexity index is 753. The molecule has 8 nitrogen and oxygen atoms in total.